The van der Waals surface area contributed by atoms with Crippen molar-refractivity contribution in [2.45, 2.75) is 101 Å². The summed E-state index contributed by atoms with van der Waals surface area (Å²) in [5.74, 6) is 1.42. The van der Waals surface area contributed by atoms with Gasteiger partial charge in [-0.15, -0.1) is 0 Å². The summed E-state index contributed by atoms with van der Waals surface area (Å²) in [5, 5.41) is 54.3. The van der Waals surface area contributed by atoms with Gasteiger partial charge in [-0.05, 0) is 121 Å². The normalized spacial score (nSPS) is 28.4. The van der Waals surface area contributed by atoms with Crippen LogP contribution in [0, 0.1) is 29.1 Å². The number of methoxy groups -OCH3 is 2. The second-order valence-electron chi connectivity index (χ2n) is 21.4. The molecule has 6 N–H and O–H groups in total. The Kier molecular flexibility index (Phi) is 11.6. The molecule has 0 aromatic heterocycles. The molecule has 12 rings (SSSR count). The summed E-state index contributed by atoms with van der Waals surface area (Å²) in [6.45, 7) is 3.33. The average molecular weight is 968 g/mol. The first-order valence-corrected chi connectivity index (χ1v) is 25.8. The van der Waals surface area contributed by atoms with Crippen molar-refractivity contribution in [2.24, 2.45) is 29.1 Å². The fourth-order valence-electron chi connectivity index (χ4n) is 15.7. The molecule has 3 saturated carbocycles. The maximum atomic E-state index is 13.2. The Hall–Kier alpha value is -5.80. The number of aliphatic hydroxyl groups excluding tert-OH is 3. The summed E-state index contributed by atoms with van der Waals surface area (Å²) in [6, 6.07) is 15.9. The molecule has 2 amide bonds. The number of hydrogen-bond donors (Lipinski definition) is 6. The Morgan fingerprint density at radius 1 is 0.887 bits per heavy atom. The molecule has 1 spiro atoms. The molecule has 8 aliphatic rings. The highest BCUT2D eigenvalue weighted by atomic mass is 16.5. The van der Waals surface area contributed by atoms with E-state index in [0.717, 1.165) is 67.2 Å². The van der Waals surface area contributed by atoms with E-state index in [-0.39, 0.29) is 72.9 Å². The summed E-state index contributed by atoms with van der Waals surface area (Å²) in [6.07, 6.45) is 10.2. The zero-order valence-electron chi connectivity index (χ0n) is 40.8. The van der Waals surface area contributed by atoms with E-state index in [2.05, 4.69) is 34.9 Å². The van der Waals surface area contributed by atoms with Gasteiger partial charge in [0, 0.05) is 76.0 Å². The molecule has 14 nitrogen and oxygen atoms in total. The third kappa shape index (κ3) is 6.94. The Balaban J connectivity index is 0.896. The zero-order valence-corrected chi connectivity index (χ0v) is 40.8. The monoisotopic (exact) mass is 967 g/mol. The number of imide groups is 1. The maximum absolute atomic E-state index is 13.2. The van der Waals surface area contributed by atoms with Gasteiger partial charge in [0.1, 0.15) is 24.0 Å². The number of carbonyl (C=O) groups excluding carboxylic acids is 2. The largest absolute Gasteiger partial charge is 0.502 e. The molecule has 2 bridgehead atoms. The van der Waals surface area contributed by atoms with Crippen LogP contribution in [0.1, 0.15) is 121 Å². The van der Waals surface area contributed by atoms with Crippen molar-refractivity contribution in [3.63, 3.8) is 0 Å². The van der Waals surface area contributed by atoms with Crippen molar-refractivity contribution >= 4 is 17.5 Å². The van der Waals surface area contributed by atoms with Gasteiger partial charge < -0.3 is 49.4 Å². The van der Waals surface area contributed by atoms with Crippen LogP contribution in [-0.2, 0) is 27.8 Å². The van der Waals surface area contributed by atoms with Crippen molar-refractivity contribution in [2.75, 3.05) is 59.2 Å². The predicted molar refractivity (Wildman–Crippen MR) is 264 cm³/mol. The van der Waals surface area contributed by atoms with Gasteiger partial charge in [-0.25, -0.2) is 0 Å². The van der Waals surface area contributed by atoms with Crippen LogP contribution in [0.15, 0.2) is 60.7 Å². The molecule has 3 heterocycles. The number of nitrogens with zero attached hydrogens (tertiary/aromatic N) is 1. The minimum Gasteiger partial charge on any atom is -0.502 e. The van der Waals surface area contributed by atoms with E-state index in [1.165, 1.54) is 35.3 Å². The molecule has 3 aliphatic heterocycles. The second-order valence-corrected chi connectivity index (χ2v) is 21.4. The number of ether oxygens (including phenoxy) is 5. The minimum absolute atomic E-state index is 0.00563. The van der Waals surface area contributed by atoms with Gasteiger partial charge in [-0.2, -0.15) is 0 Å². The van der Waals surface area contributed by atoms with Gasteiger partial charge in [-0.1, -0.05) is 44.0 Å². The van der Waals surface area contributed by atoms with Crippen LogP contribution in [0.3, 0.4) is 0 Å². The molecule has 5 aliphatic carbocycles. The smallest absolute Gasteiger partial charge is 0.253 e. The highest BCUT2D eigenvalue weighted by Crippen LogP contribution is 2.71. The van der Waals surface area contributed by atoms with Crippen molar-refractivity contribution < 1.29 is 53.7 Å². The van der Waals surface area contributed by atoms with Gasteiger partial charge in [0.25, 0.3) is 11.8 Å². The lowest BCUT2D eigenvalue weighted by Gasteiger charge is -2.66. The molecule has 0 unspecified atom stereocenters. The van der Waals surface area contributed by atoms with E-state index in [1.807, 2.05) is 19.1 Å². The standard InChI is InChI=1S/C57H65N3O11/c1-4-58-29-71-44-23-42(67-2)35-12-13-36-49-41(59-55(66)52(44)51(35)49)22-43-50(36)53(64)37(28-70-43)31-20-45(68-3)54(65)46(21-31)69-27-33(26-61)57-24-32(25-60-47(62)15-16-48(60)63)56(17-7-8-18-56)39-14-11-30(19-40(39)57)34-9-5-6-10-38(34)57/h5-6,9-10,15-16,20-23,30,32-33,37,39-40,53,55,58-59,61,64-66H,4,7-8,11-14,17-19,24-29H2,1-3H3/t30-,32+,33-,37-,39+,40-,53-,55+,57+/m0/s1. The lowest BCUT2D eigenvalue weighted by atomic mass is 9.38. The van der Waals surface area contributed by atoms with Gasteiger partial charge in [-0.3, -0.25) is 19.8 Å². The lowest BCUT2D eigenvalue weighted by Crippen LogP contribution is -2.64. The number of benzene rings is 4. The summed E-state index contributed by atoms with van der Waals surface area (Å²) in [5.41, 5.74) is 8.23. The quantitative estimate of drug-likeness (QED) is 0.0411. The van der Waals surface area contributed by atoms with Gasteiger partial charge in [0.2, 0.25) is 5.75 Å². The Morgan fingerprint density at radius 3 is 2.41 bits per heavy atom. The third-order valence-electron chi connectivity index (χ3n) is 18.7. The van der Waals surface area contributed by atoms with E-state index in [1.54, 1.807) is 19.2 Å². The second kappa shape index (κ2) is 17.7. The van der Waals surface area contributed by atoms with Crippen LogP contribution in [0.25, 0.3) is 11.1 Å². The van der Waals surface area contributed by atoms with Gasteiger partial charge in [0.05, 0.1) is 45.7 Å². The molecular weight excluding hydrogens is 903 g/mol. The number of fused-ring (bicyclic) bond motifs is 7. The first-order chi connectivity index (χ1) is 34.5. The number of aliphatic hydroxyl groups is 3. The van der Waals surface area contributed by atoms with Crippen LogP contribution in [0.2, 0.25) is 0 Å². The number of aromatic hydroxyl groups is 1. The number of carbonyl (C=O) groups is 2. The molecule has 14 heteroatoms. The first kappa shape index (κ1) is 46.3. The van der Waals surface area contributed by atoms with E-state index < -0.39 is 29.6 Å². The SMILES string of the molecule is CCNCOc1cc(OC)c2c3c1[C@@H](O)Nc1cc4c(c(c1-3)CC2)[C@@H](O)[C@H](c1cc(OC)c(O)c(OC[C@H](CO)[C@@]23C[C@H](CN5C(=O)C=CC5=O)C5(CCCC5)[C@@H]5CC[C@@H](C[C@@H]52)c2ccccc23)c1)CO4. The average Bonchev–Trinajstić information content (AvgIpc) is 4.00. The fraction of sp³-hybridized carbons (Fsp3) is 0.509. The van der Waals surface area contributed by atoms with Crippen LogP contribution >= 0.6 is 0 Å². The van der Waals surface area contributed by atoms with Crippen molar-refractivity contribution in [3.8, 4) is 45.6 Å². The van der Waals surface area contributed by atoms with Crippen molar-refractivity contribution in [3.05, 3.63) is 99.6 Å². The lowest BCUT2D eigenvalue weighted by molar-refractivity contribution is -0.148. The highest BCUT2D eigenvalue weighted by Gasteiger charge is 2.66. The van der Waals surface area contributed by atoms with Crippen LogP contribution in [0.5, 0.6) is 34.5 Å². The number of phenols is 1. The van der Waals surface area contributed by atoms with Crippen molar-refractivity contribution in [1.29, 1.82) is 0 Å². The summed E-state index contributed by atoms with van der Waals surface area (Å²) in [4.78, 5) is 27.9. The number of phenolic OH excluding ortho intramolecular Hbond substituents is 1. The fourth-order valence-corrected chi connectivity index (χ4v) is 15.7. The molecule has 71 heavy (non-hydrogen) atoms. The van der Waals surface area contributed by atoms with Crippen LogP contribution in [0.4, 0.5) is 5.69 Å². The Bertz CT molecular complexity index is 2820. The summed E-state index contributed by atoms with van der Waals surface area (Å²) in [7, 11) is 3.13. The van der Waals surface area contributed by atoms with E-state index in [9.17, 15) is 30.0 Å². The zero-order chi connectivity index (χ0) is 48.9. The maximum Gasteiger partial charge on any atom is 0.253 e. The molecule has 4 aromatic rings. The number of anilines is 1. The van der Waals surface area contributed by atoms with E-state index in [0.29, 0.717) is 83.8 Å². The number of amides is 2. The van der Waals surface area contributed by atoms with Crippen molar-refractivity contribution in [1.82, 2.24) is 10.2 Å². The predicted octanol–water partition coefficient (Wildman–Crippen LogP) is 7.69. The van der Waals surface area contributed by atoms with Gasteiger partial charge in [0.15, 0.2) is 17.7 Å². The molecule has 0 saturated heterocycles. The third-order valence-corrected chi connectivity index (χ3v) is 18.7. The highest BCUT2D eigenvalue weighted by molar-refractivity contribution is 6.12. The molecule has 4 aromatic carbocycles. The topological polar surface area (TPSA) is 189 Å². The molecule has 9 atom stereocenters. The molecule has 0 radical (unpaired) electrons. The van der Waals surface area contributed by atoms with Crippen LogP contribution in [-0.4, -0.2) is 91.0 Å². The Labute approximate surface area is 414 Å². The van der Waals surface area contributed by atoms with E-state index in [4.69, 9.17) is 23.7 Å². The number of hydrogen-bond acceptors (Lipinski definition) is 13. The summed E-state index contributed by atoms with van der Waals surface area (Å²) >= 11 is 0. The van der Waals surface area contributed by atoms with Crippen LogP contribution < -0.4 is 34.3 Å². The molecular formula is C57H65N3O11. The number of rotatable bonds is 14. The first-order valence-electron chi connectivity index (χ1n) is 25.8. The Morgan fingerprint density at radius 2 is 1.65 bits per heavy atom. The molecule has 3 fully saturated rings. The number of nitrogens with one attached hydrogen (secondary N) is 2. The molecule has 374 valence electrons. The minimum atomic E-state index is -1.06. The van der Waals surface area contributed by atoms with E-state index >= 15 is 0 Å². The summed E-state index contributed by atoms with van der Waals surface area (Å²) < 4.78 is 31.3. The van der Waals surface area contributed by atoms with Gasteiger partial charge >= 0.3 is 0 Å².